The van der Waals surface area contributed by atoms with Crippen LogP contribution in [0.2, 0.25) is 0 Å². The van der Waals surface area contributed by atoms with Crippen LogP contribution in [0.1, 0.15) is 30.1 Å². The van der Waals surface area contributed by atoms with Crippen molar-refractivity contribution in [2.24, 2.45) is 0 Å². The van der Waals surface area contributed by atoms with Crippen molar-refractivity contribution >= 4 is 21.7 Å². The van der Waals surface area contributed by atoms with Crippen LogP contribution < -0.4 is 0 Å². The summed E-state index contributed by atoms with van der Waals surface area (Å²) in [5, 5.41) is 0. The van der Waals surface area contributed by atoms with Gasteiger partial charge in [0.25, 0.3) is 5.91 Å². The summed E-state index contributed by atoms with van der Waals surface area (Å²) in [6.07, 6.45) is 2.50. The lowest BCUT2D eigenvalue weighted by Crippen LogP contribution is -2.47. The quantitative estimate of drug-likeness (QED) is 0.829. The van der Waals surface area contributed by atoms with E-state index in [1.165, 1.54) is 13.0 Å². The molecule has 0 atom stereocenters. The summed E-state index contributed by atoms with van der Waals surface area (Å²) in [5.74, 6) is -0.257. The highest BCUT2D eigenvalue weighted by Gasteiger charge is 2.28. The first-order chi connectivity index (χ1) is 10.7. The topological polar surface area (TPSA) is 74.8 Å². The number of benzene rings is 1. The molecule has 1 fully saturated rings. The third-order valence-corrected chi connectivity index (χ3v) is 5.47. The van der Waals surface area contributed by atoms with E-state index in [4.69, 9.17) is 0 Å². The van der Waals surface area contributed by atoms with Gasteiger partial charge in [-0.1, -0.05) is 12.1 Å². The standard InChI is InChI=1S/C16H22N2O4S/c1-12(19)17(2)13-8-10-18(11-9-13)16(20)14-6-4-5-7-15(14)23(3,21)22/h4-7,13H,8-11H2,1-3H3. The largest absolute Gasteiger partial charge is 0.343 e. The Hall–Kier alpha value is -1.89. The Balaban J connectivity index is 2.14. The Morgan fingerprint density at radius 1 is 1.17 bits per heavy atom. The zero-order valence-electron chi connectivity index (χ0n) is 13.7. The van der Waals surface area contributed by atoms with Crippen LogP contribution in [0, 0.1) is 0 Å². The van der Waals surface area contributed by atoms with Crippen LogP contribution in [0.3, 0.4) is 0 Å². The molecule has 0 unspecified atom stereocenters. The minimum Gasteiger partial charge on any atom is -0.343 e. The molecule has 0 aromatic heterocycles. The molecule has 7 heteroatoms. The zero-order chi connectivity index (χ0) is 17.2. The number of amides is 2. The third-order valence-electron chi connectivity index (χ3n) is 4.31. The first-order valence-electron chi connectivity index (χ1n) is 7.53. The second-order valence-electron chi connectivity index (χ2n) is 5.92. The number of carbonyl (C=O) groups excluding carboxylic acids is 2. The number of likely N-dealkylation sites (tertiary alicyclic amines) is 1. The summed E-state index contributed by atoms with van der Waals surface area (Å²) in [4.78, 5) is 27.5. The maximum absolute atomic E-state index is 12.7. The van der Waals surface area contributed by atoms with Gasteiger partial charge < -0.3 is 9.80 Å². The Morgan fingerprint density at radius 2 is 1.74 bits per heavy atom. The minimum atomic E-state index is -3.45. The summed E-state index contributed by atoms with van der Waals surface area (Å²) < 4.78 is 23.7. The normalized spacial score (nSPS) is 16.2. The van der Waals surface area contributed by atoms with Gasteiger partial charge in [0.2, 0.25) is 5.91 Å². The molecule has 6 nitrogen and oxygen atoms in total. The Morgan fingerprint density at radius 3 is 2.26 bits per heavy atom. The van der Waals surface area contributed by atoms with Crippen LogP contribution in [-0.4, -0.2) is 62.5 Å². The van der Waals surface area contributed by atoms with Gasteiger partial charge in [-0.2, -0.15) is 0 Å². The van der Waals surface area contributed by atoms with E-state index in [0.717, 1.165) is 6.26 Å². The molecule has 126 valence electrons. The predicted molar refractivity (Wildman–Crippen MR) is 86.9 cm³/mol. The molecule has 1 aromatic rings. The van der Waals surface area contributed by atoms with Crippen LogP contribution in [0.15, 0.2) is 29.2 Å². The van der Waals surface area contributed by atoms with Crippen molar-refractivity contribution in [2.75, 3.05) is 26.4 Å². The van der Waals surface area contributed by atoms with Crippen LogP contribution in [0.5, 0.6) is 0 Å². The second kappa shape index (κ2) is 6.70. The predicted octanol–water partition coefficient (Wildman–Crippen LogP) is 1.17. The lowest BCUT2D eigenvalue weighted by Gasteiger charge is -2.36. The lowest BCUT2D eigenvalue weighted by molar-refractivity contribution is -0.130. The molecule has 1 aliphatic rings. The molecule has 2 rings (SSSR count). The number of carbonyl (C=O) groups is 2. The van der Waals surface area contributed by atoms with Crippen molar-refractivity contribution in [1.82, 2.24) is 9.80 Å². The van der Waals surface area contributed by atoms with E-state index in [0.29, 0.717) is 25.9 Å². The van der Waals surface area contributed by atoms with Gasteiger partial charge in [0.05, 0.1) is 10.5 Å². The van der Waals surface area contributed by atoms with Crippen molar-refractivity contribution in [3.63, 3.8) is 0 Å². The molecule has 1 aromatic carbocycles. The zero-order valence-corrected chi connectivity index (χ0v) is 14.5. The average Bonchev–Trinajstić information content (AvgIpc) is 2.52. The molecule has 1 aliphatic heterocycles. The first kappa shape index (κ1) is 17.5. The van der Waals surface area contributed by atoms with Gasteiger partial charge in [-0.3, -0.25) is 9.59 Å². The molecule has 23 heavy (non-hydrogen) atoms. The van der Waals surface area contributed by atoms with Crippen LogP contribution >= 0.6 is 0 Å². The highest BCUT2D eigenvalue weighted by Crippen LogP contribution is 2.21. The summed E-state index contributed by atoms with van der Waals surface area (Å²) in [6.45, 7) is 2.55. The van der Waals surface area contributed by atoms with Gasteiger partial charge in [-0.15, -0.1) is 0 Å². The molecule has 1 heterocycles. The maximum atomic E-state index is 12.7. The van der Waals surface area contributed by atoms with Crippen molar-refractivity contribution in [3.8, 4) is 0 Å². The Kier molecular flexibility index (Phi) is 5.09. The number of hydrogen-bond donors (Lipinski definition) is 0. The van der Waals surface area contributed by atoms with E-state index in [-0.39, 0.29) is 28.3 Å². The number of hydrogen-bond acceptors (Lipinski definition) is 4. The van der Waals surface area contributed by atoms with Gasteiger partial charge in [0, 0.05) is 39.4 Å². The third kappa shape index (κ3) is 3.90. The summed E-state index contributed by atoms with van der Waals surface area (Å²) >= 11 is 0. The van der Waals surface area contributed by atoms with Gasteiger partial charge >= 0.3 is 0 Å². The molecular formula is C16H22N2O4S. The molecule has 0 bridgehead atoms. The fourth-order valence-electron chi connectivity index (χ4n) is 2.85. The van der Waals surface area contributed by atoms with E-state index >= 15 is 0 Å². The molecule has 0 aliphatic carbocycles. The maximum Gasteiger partial charge on any atom is 0.255 e. The number of nitrogens with zero attached hydrogens (tertiary/aromatic N) is 2. The second-order valence-corrected chi connectivity index (χ2v) is 7.91. The van der Waals surface area contributed by atoms with Crippen LogP contribution in [0.25, 0.3) is 0 Å². The van der Waals surface area contributed by atoms with Crippen LogP contribution in [-0.2, 0) is 14.6 Å². The molecule has 0 N–H and O–H groups in total. The van der Waals surface area contributed by atoms with Crippen molar-refractivity contribution < 1.29 is 18.0 Å². The highest BCUT2D eigenvalue weighted by atomic mass is 32.2. The SMILES string of the molecule is CC(=O)N(C)C1CCN(C(=O)c2ccccc2S(C)(=O)=O)CC1. The van der Waals surface area contributed by atoms with E-state index < -0.39 is 9.84 Å². The van der Waals surface area contributed by atoms with E-state index in [9.17, 15) is 18.0 Å². The summed E-state index contributed by atoms with van der Waals surface area (Å²) in [6, 6.07) is 6.41. The molecule has 0 spiro atoms. The average molecular weight is 338 g/mol. The van der Waals surface area contributed by atoms with E-state index in [2.05, 4.69) is 0 Å². The number of rotatable bonds is 3. The Labute approximate surface area is 137 Å². The monoisotopic (exact) mass is 338 g/mol. The minimum absolute atomic E-state index is 0.0113. The van der Waals surface area contributed by atoms with Crippen molar-refractivity contribution in [3.05, 3.63) is 29.8 Å². The first-order valence-corrected chi connectivity index (χ1v) is 9.42. The number of piperidine rings is 1. The van der Waals surface area contributed by atoms with E-state index in [1.807, 2.05) is 0 Å². The fourth-order valence-corrected chi connectivity index (χ4v) is 3.73. The fraction of sp³-hybridized carbons (Fsp3) is 0.500. The van der Waals surface area contributed by atoms with Crippen molar-refractivity contribution in [1.29, 1.82) is 0 Å². The highest BCUT2D eigenvalue weighted by molar-refractivity contribution is 7.90. The smallest absolute Gasteiger partial charge is 0.255 e. The summed E-state index contributed by atoms with van der Waals surface area (Å²) in [7, 11) is -1.69. The van der Waals surface area contributed by atoms with Crippen molar-refractivity contribution in [2.45, 2.75) is 30.7 Å². The summed E-state index contributed by atoms with van der Waals surface area (Å²) in [5.41, 5.74) is 0.216. The molecule has 0 radical (unpaired) electrons. The van der Waals surface area contributed by atoms with E-state index in [1.54, 1.807) is 35.0 Å². The number of sulfone groups is 1. The van der Waals surface area contributed by atoms with Gasteiger partial charge in [0.1, 0.15) is 0 Å². The van der Waals surface area contributed by atoms with Gasteiger partial charge in [-0.05, 0) is 25.0 Å². The van der Waals surface area contributed by atoms with Crippen LogP contribution in [0.4, 0.5) is 0 Å². The molecule has 0 saturated carbocycles. The molecular weight excluding hydrogens is 316 g/mol. The lowest BCUT2D eigenvalue weighted by atomic mass is 10.0. The Bertz CT molecular complexity index is 707. The van der Waals surface area contributed by atoms with Gasteiger partial charge in [-0.25, -0.2) is 8.42 Å². The van der Waals surface area contributed by atoms with Gasteiger partial charge in [0.15, 0.2) is 9.84 Å². The molecule has 2 amide bonds. The molecule has 1 saturated heterocycles.